The number of ether oxygens (including phenoxy) is 2. The highest BCUT2D eigenvalue weighted by molar-refractivity contribution is 5.66. The predicted molar refractivity (Wildman–Crippen MR) is 78.3 cm³/mol. The van der Waals surface area contributed by atoms with Gasteiger partial charge in [0, 0.05) is 18.3 Å². The lowest BCUT2D eigenvalue weighted by Crippen LogP contribution is -2.58. The maximum absolute atomic E-state index is 11.5. The highest BCUT2D eigenvalue weighted by Crippen LogP contribution is 2.62. The molecule has 21 heavy (non-hydrogen) atoms. The number of hydrogen-bond donors (Lipinski definition) is 1. The molecule has 4 heteroatoms. The molecule has 1 N–H and O–H groups in total. The fourth-order valence-electron chi connectivity index (χ4n) is 5.14. The zero-order valence-corrected chi connectivity index (χ0v) is 13.4. The van der Waals surface area contributed by atoms with Gasteiger partial charge >= 0.3 is 5.97 Å². The molecule has 0 amide bonds. The van der Waals surface area contributed by atoms with Crippen LogP contribution in [0.25, 0.3) is 0 Å². The normalized spacial score (nSPS) is 44.5. The number of carbonyl (C=O) groups is 1. The van der Waals surface area contributed by atoms with E-state index in [4.69, 9.17) is 9.47 Å². The molecule has 0 aromatic rings. The van der Waals surface area contributed by atoms with Gasteiger partial charge in [0.15, 0.2) is 6.29 Å². The van der Waals surface area contributed by atoms with E-state index >= 15 is 0 Å². The molecule has 0 bridgehead atoms. The monoisotopic (exact) mass is 294 g/mol. The highest BCUT2D eigenvalue weighted by Gasteiger charge is 2.61. The molecule has 2 fully saturated rings. The van der Waals surface area contributed by atoms with Crippen molar-refractivity contribution in [3.05, 3.63) is 11.6 Å². The molecule has 1 aliphatic heterocycles. The zero-order valence-electron chi connectivity index (χ0n) is 13.4. The Bertz CT molecular complexity index is 481. The first kappa shape index (κ1) is 15.0. The third-order valence-electron chi connectivity index (χ3n) is 6.14. The van der Waals surface area contributed by atoms with E-state index in [0.29, 0.717) is 12.5 Å². The van der Waals surface area contributed by atoms with E-state index in [9.17, 15) is 9.90 Å². The number of rotatable bonds is 1. The first-order valence-corrected chi connectivity index (χ1v) is 7.92. The lowest BCUT2D eigenvalue weighted by Gasteiger charge is -2.58. The van der Waals surface area contributed by atoms with Crippen LogP contribution in [0.2, 0.25) is 0 Å². The van der Waals surface area contributed by atoms with E-state index in [0.717, 1.165) is 19.3 Å². The highest BCUT2D eigenvalue weighted by atomic mass is 16.6. The summed E-state index contributed by atoms with van der Waals surface area (Å²) in [5.74, 6) is 0.0950. The Morgan fingerprint density at radius 1 is 1.43 bits per heavy atom. The second-order valence-corrected chi connectivity index (χ2v) is 7.74. The Kier molecular flexibility index (Phi) is 3.45. The average Bonchev–Trinajstić information content (AvgIpc) is 2.76. The number of fused-ring (bicyclic) bond motifs is 3. The minimum atomic E-state index is -0.781. The summed E-state index contributed by atoms with van der Waals surface area (Å²) in [6.07, 6.45) is 4.19. The number of carbonyl (C=O) groups excluding carboxylic acids is 1. The zero-order chi connectivity index (χ0) is 15.4. The number of hydrogen-bond acceptors (Lipinski definition) is 4. The van der Waals surface area contributed by atoms with Crippen LogP contribution < -0.4 is 0 Å². The SMILES string of the molecule is CC(=O)OC1CCC(C)(C)C2CC=C3COC(O)C3C12C. The molecule has 3 aliphatic rings. The molecule has 118 valence electrons. The van der Waals surface area contributed by atoms with Crippen LogP contribution in [0.4, 0.5) is 0 Å². The van der Waals surface area contributed by atoms with Crippen LogP contribution >= 0.6 is 0 Å². The molecule has 5 unspecified atom stereocenters. The molecule has 4 nitrogen and oxygen atoms in total. The van der Waals surface area contributed by atoms with Gasteiger partial charge in [0.25, 0.3) is 0 Å². The van der Waals surface area contributed by atoms with Gasteiger partial charge in [-0.1, -0.05) is 26.8 Å². The summed E-state index contributed by atoms with van der Waals surface area (Å²) in [6, 6.07) is 0. The summed E-state index contributed by atoms with van der Waals surface area (Å²) in [5.41, 5.74) is 1.10. The Labute approximate surface area is 126 Å². The predicted octanol–water partition coefficient (Wildman–Crippen LogP) is 2.66. The molecule has 0 spiro atoms. The van der Waals surface area contributed by atoms with Gasteiger partial charge in [-0.3, -0.25) is 4.79 Å². The summed E-state index contributed by atoms with van der Waals surface area (Å²) < 4.78 is 11.2. The Morgan fingerprint density at radius 3 is 2.81 bits per heavy atom. The van der Waals surface area contributed by atoms with E-state index in [1.807, 2.05) is 0 Å². The summed E-state index contributed by atoms with van der Waals surface area (Å²) in [6.45, 7) is 8.74. The van der Waals surface area contributed by atoms with Gasteiger partial charge in [0.2, 0.25) is 0 Å². The summed E-state index contributed by atoms with van der Waals surface area (Å²) in [7, 11) is 0. The van der Waals surface area contributed by atoms with Crippen molar-refractivity contribution >= 4 is 5.97 Å². The second kappa shape index (κ2) is 4.82. The first-order valence-electron chi connectivity index (χ1n) is 7.92. The Hall–Kier alpha value is -0.870. The molecule has 1 heterocycles. The Morgan fingerprint density at radius 2 is 2.14 bits per heavy atom. The lowest BCUT2D eigenvalue weighted by molar-refractivity contribution is -0.198. The lowest BCUT2D eigenvalue weighted by atomic mass is 9.47. The van der Waals surface area contributed by atoms with Crippen molar-refractivity contribution in [1.29, 1.82) is 0 Å². The van der Waals surface area contributed by atoms with Crippen molar-refractivity contribution in [1.82, 2.24) is 0 Å². The number of aliphatic hydroxyl groups excluding tert-OH is 1. The average molecular weight is 294 g/mol. The van der Waals surface area contributed by atoms with E-state index in [1.54, 1.807) is 0 Å². The largest absolute Gasteiger partial charge is 0.462 e. The minimum absolute atomic E-state index is 0.0554. The fraction of sp³-hybridized carbons (Fsp3) is 0.824. The molecule has 1 saturated heterocycles. The summed E-state index contributed by atoms with van der Waals surface area (Å²) in [5, 5.41) is 10.3. The van der Waals surface area contributed by atoms with E-state index in [-0.39, 0.29) is 28.8 Å². The van der Waals surface area contributed by atoms with Gasteiger partial charge < -0.3 is 14.6 Å². The number of aliphatic hydroxyl groups is 1. The van der Waals surface area contributed by atoms with E-state index in [1.165, 1.54) is 12.5 Å². The van der Waals surface area contributed by atoms with Crippen molar-refractivity contribution in [2.75, 3.05) is 6.61 Å². The van der Waals surface area contributed by atoms with Crippen LogP contribution in [0.3, 0.4) is 0 Å². The van der Waals surface area contributed by atoms with Crippen LogP contribution in [-0.4, -0.2) is 30.1 Å². The number of allylic oxidation sites excluding steroid dienone is 1. The third-order valence-corrected chi connectivity index (χ3v) is 6.14. The van der Waals surface area contributed by atoms with Crippen LogP contribution in [0.1, 0.15) is 47.0 Å². The van der Waals surface area contributed by atoms with Gasteiger partial charge in [0.1, 0.15) is 6.10 Å². The van der Waals surface area contributed by atoms with Gasteiger partial charge in [0.05, 0.1) is 6.61 Å². The standard InChI is InChI=1S/C17H26O4/c1-10(18)21-13-7-8-16(2,3)12-6-5-11-9-20-15(19)14(11)17(12,13)4/h5,12-15,19H,6-9H2,1-4H3. The molecule has 5 atom stereocenters. The summed E-state index contributed by atoms with van der Waals surface area (Å²) in [4.78, 5) is 11.5. The van der Waals surface area contributed by atoms with Gasteiger partial charge in [-0.25, -0.2) is 0 Å². The van der Waals surface area contributed by atoms with Crippen LogP contribution in [-0.2, 0) is 14.3 Å². The molecular formula is C17H26O4. The van der Waals surface area contributed by atoms with Crippen LogP contribution in [0.5, 0.6) is 0 Å². The third kappa shape index (κ3) is 2.15. The van der Waals surface area contributed by atoms with Crippen molar-refractivity contribution < 1.29 is 19.4 Å². The number of esters is 1. The van der Waals surface area contributed by atoms with E-state index < -0.39 is 6.29 Å². The second-order valence-electron chi connectivity index (χ2n) is 7.74. The van der Waals surface area contributed by atoms with Gasteiger partial charge in [-0.05, 0) is 36.2 Å². The Balaban J connectivity index is 2.05. The minimum Gasteiger partial charge on any atom is -0.462 e. The summed E-state index contributed by atoms with van der Waals surface area (Å²) >= 11 is 0. The molecule has 3 rings (SSSR count). The maximum Gasteiger partial charge on any atom is 0.302 e. The van der Waals surface area contributed by atoms with Crippen molar-refractivity contribution in [3.63, 3.8) is 0 Å². The van der Waals surface area contributed by atoms with Crippen molar-refractivity contribution in [2.45, 2.75) is 59.4 Å². The maximum atomic E-state index is 11.5. The van der Waals surface area contributed by atoms with Gasteiger partial charge in [-0.15, -0.1) is 0 Å². The molecule has 0 radical (unpaired) electrons. The van der Waals surface area contributed by atoms with Gasteiger partial charge in [-0.2, -0.15) is 0 Å². The quantitative estimate of drug-likeness (QED) is 0.597. The van der Waals surface area contributed by atoms with Crippen LogP contribution in [0.15, 0.2) is 11.6 Å². The van der Waals surface area contributed by atoms with Crippen molar-refractivity contribution in [2.24, 2.45) is 22.7 Å². The van der Waals surface area contributed by atoms with Crippen LogP contribution in [0, 0.1) is 22.7 Å². The fourth-order valence-corrected chi connectivity index (χ4v) is 5.14. The van der Waals surface area contributed by atoms with Crippen molar-refractivity contribution in [3.8, 4) is 0 Å². The molecule has 0 aromatic carbocycles. The first-order chi connectivity index (χ1) is 9.76. The smallest absolute Gasteiger partial charge is 0.302 e. The van der Waals surface area contributed by atoms with E-state index in [2.05, 4.69) is 26.8 Å². The molecule has 0 aromatic heterocycles. The molecule has 2 aliphatic carbocycles. The topological polar surface area (TPSA) is 55.8 Å². The molecular weight excluding hydrogens is 268 g/mol. The molecule has 1 saturated carbocycles.